The fourth-order valence-electron chi connectivity index (χ4n) is 12.6. The standard InChI is InChI=1S/C39H62O14/c1-16-8-9-39(48-15-16)17(2)28-24(53-39)12-22-21-7-6-19-10-20(11-26(41)37(19,4)23(21)13-27(42)38(22,28)5)50-36-33(47)31(45)34(25(14-40)51-36)52-35-32(46)30(44)29(43)18(3)49-35/h6,16-18,20-36,40-47H,7-15H2,1-5H3/t16-,17+,18-,20-,21+,22+,23+,24+,25-,26?,27?,28+,29+,30+,31-,32-,33-,34-,35+,36-,37+,38-,39-/m1/s1. The summed E-state index contributed by atoms with van der Waals surface area (Å²) >= 11 is 0. The van der Waals surface area contributed by atoms with Crippen LogP contribution in [0.25, 0.3) is 0 Å². The fourth-order valence-corrected chi connectivity index (χ4v) is 12.6. The van der Waals surface area contributed by atoms with Crippen LogP contribution in [0.5, 0.6) is 0 Å². The van der Waals surface area contributed by atoms with E-state index < -0.39 is 97.5 Å². The minimum atomic E-state index is -1.66. The van der Waals surface area contributed by atoms with E-state index in [0.29, 0.717) is 25.4 Å². The molecule has 23 atom stereocenters. The Labute approximate surface area is 311 Å². The third-order valence-corrected chi connectivity index (χ3v) is 15.8. The maximum atomic E-state index is 12.1. The van der Waals surface area contributed by atoms with Gasteiger partial charge in [0.1, 0.15) is 42.7 Å². The Bertz CT molecular complexity index is 1370. The number of allylic oxidation sites excluding steroid dienone is 1. The highest BCUT2D eigenvalue weighted by Crippen LogP contribution is 2.70. The predicted molar refractivity (Wildman–Crippen MR) is 184 cm³/mol. The first-order chi connectivity index (χ1) is 25.0. The first-order valence-corrected chi connectivity index (χ1v) is 20.1. The molecule has 0 aromatic heterocycles. The van der Waals surface area contributed by atoms with E-state index in [1.807, 2.05) is 0 Å². The third-order valence-electron chi connectivity index (χ3n) is 15.8. The van der Waals surface area contributed by atoms with E-state index in [-0.39, 0.29) is 47.5 Å². The van der Waals surface area contributed by atoms with Gasteiger partial charge in [-0.1, -0.05) is 39.3 Å². The van der Waals surface area contributed by atoms with Gasteiger partial charge in [0.05, 0.1) is 43.7 Å². The monoisotopic (exact) mass is 754 g/mol. The molecule has 4 heterocycles. The van der Waals surface area contributed by atoms with E-state index in [2.05, 4.69) is 33.8 Å². The lowest BCUT2D eigenvalue weighted by Gasteiger charge is -2.61. The zero-order chi connectivity index (χ0) is 37.9. The molecule has 0 amide bonds. The van der Waals surface area contributed by atoms with Gasteiger partial charge in [-0.25, -0.2) is 0 Å². The van der Waals surface area contributed by atoms with Crippen molar-refractivity contribution < 1.29 is 69.3 Å². The van der Waals surface area contributed by atoms with Crippen LogP contribution in [0.15, 0.2) is 11.6 Å². The van der Waals surface area contributed by atoms with Crippen LogP contribution in [0.4, 0.5) is 0 Å². The molecule has 0 aromatic carbocycles. The van der Waals surface area contributed by atoms with Crippen LogP contribution < -0.4 is 0 Å². The van der Waals surface area contributed by atoms with Crippen LogP contribution in [0, 0.1) is 46.3 Å². The van der Waals surface area contributed by atoms with Crippen molar-refractivity contribution in [1.29, 1.82) is 0 Å². The normalized spacial score (nSPS) is 59.5. The van der Waals surface area contributed by atoms with Crippen LogP contribution in [0.1, 0.15) is 79.6 Å². The van der Waals surface area contributed by atoms with Gasteiger partial charge in [0.25, 0.3) is 0 Å². The number of rotatable bonds is 5. The number of fused-ring (bicyclic) bond motifs is 7. The molecule has 4 aliphatic heterocycles. The Hall–Kier alpha value is -0.820. The van der Waals surface area contributed by atoms with Gasteiger partial charge >= 0.3 is 0 Å². The number of hydrogen-bond acceptors (Lipinski definition) is 14. The van der Waals surface area contributed by atoms with Gasteiger partial charge in [-0.15, -0.1) is 0 Å². The minimum absolute atomic E-state index is 0.0300. The summed E-state index contributed by atoms with van der Waals surface area (Å²) in [6, 6.07) is 0. The predicted octanol–water partition coefficient (Wildman–Crippen LogP) is 0.332. The van der Waals surface area contributed by atoms with Gasteiger partial charge in [0.2, 0.25) is 0 Å². The molecule has 0 bridgehead atoms. The van der Waals surface area contributed by atoms with Crippen molar-refractivity contribution in [3.05, 3.63) is 11.6 Å². The number of aliphatic hydroxyl groups is 8. The van der Waals surface area contributed by atoms with E-state index in [1.165, 1.54) is 6.92 Å². The van der Waals surface area contributed by atoms with Gasteiger partial charge in [-0.3, -0.25) is 0 Å². The maximum absolute atomic E-state index is 12.1. The van der Waals surface area contributed by atoms with Gasteiger partial charge in [0, 0.05) is 35.5 Å². The molecule has 8 rings (SSSR count). The highest BCUT2D eigenvalue weighted by Gasteiger charge is 2.71. The van der Waals surface area contributed by atoms with Crippen molar-refractivity contribution in [3.8, 4) is 0 Å². The summed E-state index contributed by atoms with van der Waals surface area (Å²) in [7, 11) is 0. The Morgan fingerprint density at radius 2 is 1.53 bits per heavy atom. The highest BCUT2D eigenvalue weighted by molar-refractivity contribution is 5.29. The molecule has 1 spiro atoms. The zero-order valence-electron chi connectivity index (χ0n) is 31.5. The van der Waals surface area contributed by atoms with Gasteiger partial charge in [-0.05, 0) is 62.7 Å². The van der Waals surface area contributed by atoms with Crippen LogP contribution >= 0.6 is 0 Å². The second-order valence-electron chi connectivity index (χ2n) is 18.4. The molecule has 14 nitrogen and oxygen atoms in total. The Balaban J connectivity index is 0.950. The topological polar surface area (TPSA) is 217 Å². The van der Waals surface area contributed by atoms with Gasteiger partial charge in [-0.2, -0.15) is 0 Å². The molecular weight excluding hydrogens is 692 g/mol. The first kappa shape index (κ1) is 39.0. The van der Waals surface area contributed by atoms with Crippen LogP contribution in [-0.4, -0.2) is 146 Å². The van der Waals surface area contributed by atoms with Crippen LogP contribution in [0.2, 0.25) is 0 Å². The molecule has 4 aliphatic carbocycles. The molecule has 7 fully saturated rings. The van der Waals surface area contributed by atoms with E-state index in [1.54, 1.807) is 0 Å². The number of aliphatic hydroxyl groups excluding tert-OH is 8. The summed E-state index contributed by atoms with van der Waals surface area (Å²) in [6.45, 7) is 10.4. The lowest BCUT2D eigenvalue weighted by atomic mass is 9.45. The van der Waals surface area contributed by atoms with E-state index in [4.69, 9.17) is 28.4 Å². The SMILES string of the molecule is C[C@@H]1CC[C@@]2(OC1)O[C@H]1C[C@H]3[C@@H]4CC=C5C[C@@H](O[C@@H]6O[C@H](CO)[C@@H](O[C@@H]7O[C@H](C)[C@H](O)[C@H](O)[C@H]7O)[C@H](O)[C@H]6O)CC(O)[C@]5(C)[C@H]4CC(O)[C@]3(C)[C@H]1[C@@H]2C. The smallest absolute Gasteiger partial charge is 0.187 e. The van der Waals surface area contributed by atoms with Crippen LogP contribution in [0.3, 0.4) is 0 Å². The quantitative estimate of drug-likeness (QED) is 0.178. The van der Waals surface area contributed by atoms with Crippen molar-refractivity contribution in [1.82, 2.24) is 0 Å². The Kier molecular flexibility index (Phi) is 10.3. The zero-order valence-corrected chi connectivity index (χ0v) is 31.5. The summed E-state index contributed by atoms with van der Waals surface area (Å²) in [4.78, 5) is 0. The lowest BCUT2D eigenvalue weighted by Crippen LogP contribution is -2.64. The summed E-state index contributed by atoms with van der Waals surface area (Å²) in [6.07, 6.45) is -8.83. The summed E-state index contributed by atoms with van der Waals surface area (Å²) in [5.74, 6) is 0.873. The number of hydrogen-bond donors (Lipinski definition) is 8. The molecule has 3 saturated carbocycles. The van der Waals surface area contributed by atoms with Crippen molar-refractivity contribution in [2.75, 3.05) is 13.2 Å². The van der Waals surface area contributed by atoms with Crippen molar-refractivity contribution >= 4 is 0 Å². The summed E-state index contributed by atoms with van der Waals surface area (Å²) in [5.41, 5.74) is 0.135. The molecule has 8 aliphatic rings. The molecule has 14 heteroatoms. The summed E-state index contributed by atoms with van der Waals surface area (Å²) < 4.78 is 36.7. The minimum Gasteiger partial charge on any atom is -0.394 e. The Morgan fingerprint density at radius 1 is 0.811 bits per heavy atom. The molecule has 0 radical (unpaired) electrons. The summed E-state index contributed by atoms with van der Waals surface area (Å²) in [5, 5.41) is 87.3. The third kappa shape index (κ3) is 5.87. The first-order valence-electron chi connectivity index (χ1n) is 20.1. The highest BCUT2D eigenvalue weighted by atomic mass is 16.7. The molecule has 53 heavy (non-hydrogen) atoms. The fraction of sp³-hybridized carbons (Fsp3) is 0.949. The molecule has 2 unspecified atom stereocenters. The average molecular weight is 755 g/mol. The van der Waals surface area contributed by atoms with Crippen LogP contribution in [-0.2, 0) is 28.4 Å². The second kappa shape index (κ2) is 13.9. The lowest BCUT2D eigenvalue weighted by molar-refractivity contribution is -0.361. The largest absolute Gasteiger partial charge is 0.394 e. The molecule has 0 aromatic rings. The van der Waals surface area contributed by atoms with Gasteiger partial charge < -0.3 is 69.3 Å². The maximum Gasteiger partial charge on any atom is 0.187 e. The van der Waals surface area contributed by atoms with Crippen molar-refractivity contribution in [3.63, 3.8) is 0 Å². The molecule has 4 saturated heterocycles. The average Bonchev–Trinajstić information content (AvgIpc) is 3.58. The van der Waals surface area contributed by atoms with Gasteiger partial charge in [0.15, 0.2) is 18.4 Å². The van der Waals surface area contributed by atoms with E-state index in [9.17, 15) is 40.9 Å². The van der Waals surface area contributed by atoms with Crippen molar-refractivity contribution in [2.24, 2.45) is 46.3 Å². The van der Waals surface area contributed by atoms with Crippen molar-refractivity contribution in [2.45, 2.75) is 171 Å². The molecular formula is C39H62O14. The molecule has 8 N–H and O–H groups in total. The second-order valence-corrected chi connectivity index (χ2v) is 18.4. The number of ether oxygens (including phenoxy) is 6. The van der Waals surface area contributed by atoms with E-state index >= 15 is 0 Å². The molecule has 302 valence electrons. The Morgan fingerprint density at radius 3 is 2.23 bits per heavy atom. The van der Waals surface area contributed by atoms with E-state index in [0.717, 1.165) is 31.3 Å².